The van der Waals surface area contributed by atoms with E-state index >= 15 is 0 Å². The zero-order valence-electron chi connectivity index (χ0n) is 11.8. The minimum absolute atomic E-state index is 0.0363. The third-order valence-corrected chi connectivity index (χ3v) is 2.68. The van der Waals surface area contributed by atoms with E-state index in [9.17, 15) is 9.18 Å². The highest BCUT2D eigenvalue weighted by Crippen LogP contribution is 2.17. The largest absolute Gasteiger partial charge is 0.347 e. The summed E-state index contributed by atoms with van der Waals surface area (Å²) in [5.41, 5.74) is -0.0363. The Bertz CT molecular complexity index is 635. The molecule has 0 saturated carbocycles. The van der Waals surface area contributed by atoms with Gasteiger partial charge >= 0.3 is 0 Å². The van der Waals surface area contributed by atoms with Crippen LogP contribution in [0.3, 0.4) is 0 Å². The normalized spacial score (nSPS) is 10.4. The Morgan fingerprint density at radius 2 is 1.80 bits per heavy atom. The van der Waals surface area contributed by atoms with Crippen molar-refractivity contribution in [1.82, 2.24) is 14.8 Å². The number of nitrogens with zero attached hydrogens (tertiary/aromatic N) is 5. The molecule has 2 aromatic rings. The highest BCUT2D eigenvalue weighted by atomic mass is 19.1. The molecule has 0 spiro atoms. The molecule has 0 amide bonds. The van der Waals surface area contributed by atoms with Gasteiger partial charge in [-0.25, -0.2) is 4.39 Å². The summed E-state index contributed by atoms with van der Waals surface area (Å²) in [5, 5.41) is 4.12. The summed E-state index contributed by atoms with van der Waals surface area (Å²) in [4.78, 5) is 20.0. The molecule has 7 heteroatoms. The molecule has 0 N–H and O–H groups in total. The van der Waals surface area contributed by atoms with Crippen LogP contribution in [-0.2, 0) is 0 Å². The van der Waals surface area contributed by atoms with Crippen molar-refractivity contribution in [3.8, 4) is 0 Å². The van der Waals surface area contributed by atoms with Crippen molar-refractivity contribution < 1.29 is 9.18 Å². The molecular formula is C13H16FN5O. The van der Waals surface area contributed by atoms with Crippen LogP contribution in [0.25, 0.3) is 0 Å². The minimum Gasteiger partial charge on any atom is -0.347 e. The second-order valence-corrected chi connectivity index (χ2v) is 4.70. The summed E-state index contributed by atoms with van der Waals surface area (Å²) in [6.45, 7) is 0. The first-order chi connectivity index (χ1) is 9.41. The first-order valence-corrected chi connectivity index (χ1v) is 6.02. The van der Waals surface area contributed by atoms with Crippen molar-refractivity contribution in [1.29, 1.82) is 0 Å². The maximum atomic E-state index is 13.7. The lowest BCUT2D eigenvalue weighted by molar-refractivity contribution is 0.0942. The van der Waals surface area contributed by atoms with Crippen LogP contribution >= 0.6 is 0 Å². The van der Waals surface area contributed by atoms with E-state index in [1.165, 1.54) is 18.2 Å². The number of halogens is 1. The zero-order valence-corrected chi connectivity index (χ0v) is 11.8. The van der Waals surface area contributed by atoms with Gasteiger partial charge in [-0.3, -0.25) is 4.79 Å². The van der Waals surface area contributed by atoms with Crippen LogP contribution in [0.1, 0.15) is 10.4 Å². The molecular weight excluding hydrogens is 261 g/mol. The van der Waals surface area contributed by atoms with Gasteiger partial charge in [-0.15, -0.1) is 5.10 Å². The lowest BCUT2D eigenvalue weighted by Crippen LogP contribution is -2.22. The predicted octanol–water partition coefficient (Wildman–Crippen LogP) is 1.24. The number of rotatable bonds is 3. The summed E-state index contributed by atoms with van der Waals surface area (Å²) in [7, 11) is 7.03. The summed E-state index contributed by atoms with van der Waals surface area (Å²) < 4.78 is 14.8. The number of hydrogen-bond donors (Lipinski definition) is 0. The molecule has 0 radical (unpaired) electrons. The summed E-state index contributed by atoms with van der Waals surface area (Å²) in [6.07, 6.45) is 0. The highest BCUT2D eigenvalue weighted by Gasteiger charge is 2.21. The molecule has 0 aliphatic rings. The van der Waals surface area contributed by atoms with Gasteiger partial charge in [0.05, 0.1) is 5.56 Å². The topological polar surface area (TPSA) is 54.3 Å². The third-order valence-electron chi connectivity index (χ3n) is 2.68. The van der Waals surface area contributed by atoms with Gasteiger partial charge in [0.15, 0.2) is 0 Å². The quantitative estimate of drug-likeness (QED) is 0.845. The lowest BCUT2D eigenvalue weighted by atomic mass is 10.2. The number of hydrogen-bond acceptors (Lipinski definition) is 5. The third kappa shape index (κ3) is 2.47. The summed E-state index contributed by atoms with van der Waals surface area (Å²) >= 11 is 0. The van der Waals surface area contributed by atoms with Crippen LogP contribution in [0.15, 0.2) is 24.3 Å². The fraction of sp³-hybridized carbons (Fsp3) is 0.308. The van der Waals surface area contributed by atoms with E-state index in [0.717, 1.165) is 4.68 Å². The molecule has 20 heavy (non-hydrogen) atoms. The Balaban J connectivity index is 2.51. The molecule has 0 aliphatic carbocycles. The minimum atomic E-state index is -0.580. The summed E-state index contributed by atoms with van der Waals surface area (Å²) in [6, 6.07) is 5.81. The maximum Gasteiger partial charge on any atom is 0.284 e. The second kappa shape index (κ2) is 5.28. The van der Waals surface area contributed by atoms with E-state index in [0.29, 0.717) is 11.9 Å². The molecule has 0 bridgehead atoms. The average Bonchev–Trinajstić information content (AvgIpc) is 2.84. The van der Waals surface area contributed by atoms with E-state index in [2.05, 4.69) is 10.1 Å². The highest BCUT2D eigenvalue weighted by molar-refractivity contribution is 5.97. The van der Waals surface area contributed by atoms with Gasteiger partial charge in [0.25, 0.3) is 5.91 Å². The van der Waals surface area contributed by atoms with Gasteiger partial charge in [-0.1, -0.05) is 12.1 Å². The molecule has 6 nitrogen and oxygen atoms in total. The van der Waals surface area contributed by atoms with Crippen molar-refractivity contribution in [3.05, 3.63) is 35.6 Å². The molecule has 2 rings (SSSR count). The van der Waals surface area contributed by atoms with Crippen LogP contribution in [-0.4, -0.2) is 48.9 Å². The Labute approximate surface area is 116 Å². The monoisotopic (exact) mass is 277 g/mol. The number of benzene rings is 1. The van der Waals surface area contributed by atoms with E-state index in [4.69, 9.17) is 0 Å². The van der Waals surface area contributed by atoms with E-state index in [-0.39, 0.29) is 5.56 Å². The van der Waals surface area contributed by atoms with Crippen LogP contribution in [0.2, 0.25) is 0 Å². The SMILES string of the molecule is CN(C)c1nc(N(C)C)n(C(=O)c2ccccc2F)n1. The van der Waals surface area contributed by atoms with Gasteiger partial charge in [-0.05, 0) is 12.1 Å². The number of carbonyl (C=O) groups excluding carboxylic acids is 1. The molecule has 0 unspecified atom stereocenters. The van der Waals surface area contributed by atoms with Crippen LogP contribution < -0.4 is 9.80 Å². The number of anilines is 2. The molecule has 106 valence electrons. The molecule has 0 fully saturated rings. The van der Waals surface area contributed by atoms with Crippen LogP contribution in [0, 0.1) is 5.82 Å². The van der Waals surface area contributed by atoms with Gasteiger partial charge in [0.1, 0.15) is 5.82 Å². The van der Waals surface area contributed by atoms with Crippen molar-refractivity contribution >= 4 is 17.8 Å². The lowest BCUT2D eigenvalue weighted by Gasteiger charge is -2.11. The molecule has 0 aliphatic heterocycles. The average molecular weight is 277 g/mol. The van der Waals surface area contributed by atoms with Gasteiger partial charge in [-0.2, -0.15) is 9.67 Å². The second-order valence-electron chi connectivity index (χ2n) is 4.70. The van der Waals surface area contributed by atoms with E-state index in [1.54, 1.807) is 44.1 Å². The first-order valence-electron chi connectivity index (χ1n) is 6.02. The Morgan fingerprint density at radius 3 is 2.35 bits per heavy atom. The molecule has 1 aromatic carbocycles. The zero-order chi connectivity index (χ0) is 14.9. The Kier molecular flexibility index (Phi) is 3.69. The number of carbonyl (C=O) groups is 1. The van der Waals surface area contributed by atoms with Crippen molar-refractivity contribution in [2.75, 3.05) is 38.0 Å². The maximum absolute atomic E-state index is 13.7. The van der Waals surface area contributed by atoms with Crippen molar-refractivity contribution in [2.45, 2.75) is 0 Å². The standard InChI is InChI=1S/C13H16FN5O/c1-17(2)12-15-13(18(3)4)19(16-12)11(20)9-7-5-6-8-10(9)14/h5-8H,1-4H3. The smallest absolute Gasteiger partial charge is 0.284 e. The fourth-order valence-corrected chi connectivity index (χ4v) is 1.66. The Morgan fingerprint density at radius 1 is 1.15 bits per heavy atom. The summed E-state index contributed by atoms with van der Waals surface area (Å²) in [5.74, 6) is -0.392. The fourth-order valence-electron chi connectivity index (χ4n) is 1.66. The Hall–Kier alpha value is -2.44. The van der Waals surface area contributed by atoms with Crippen molar-refractivity contribution in [3.63, 3.8) is 0 Å². The predicted molar refractivity (Wildman–Crippen MR) is 74.8 cm³/mol. The van der Waals surface area contributed by atoms with E-state index in [1.807, 2.05) is 0 Å². The van der Waals surface area contributed by atoms with E-state index < -0.39 is 11.7 Å². The molecule has 1 heterocycles. The van der Waals surface area contributed by atoms with Crippen molar-refractivity contribution in [2.24, 2.45) is 0 Å². The van der Waals surface area contributed by atoms with Gasteiger partial charge in [0.2, 0.25) is 11.9 Å². The molecule has 1 aromatic heterocycles. The van der Waals surface area contributed by atoms with Gasteiger partial charge in [0, 0.05) is 28.2 Å². The molecule has 0 saturated heterocycles. The van der Waals surface area contributed by atoms with Crippen LogP contribution in [0.5, 0.6) is 0 Å². The molecule has 0 atom stereocenters. The van der Waals surface area contributed by atoms with Crippen LogP contribution in [0.4, 0.5) is 16.3 Å². The number of aromatic nitrogens is 3. The first kappa shape index (κ1) is 14.0. The van der Waals surface area contributed by atoms with Gasteiger partial charge < -0.3 is 9.80 Å².